The molecule has 0 unspecified atom stereocenters. The Morgan fingerprint density at radius 2 is 2.18 bits per heavy atom. The molecule has 1 aliphatic heterocycles. The zero-order valence-corrected chi connectivity index (χ0v) is 12.4. The summed E-state index contributed by atoms with van der Waals surface area (Å²) in [4.78, 5) is 0. The molecule has 1 aromatic carbocycles. The Bertz CT molecular complexity index is 262. The van der Waals surface area contributed by atoms with Gasteiger partial charge in [-0.1, -0.05) is 0 Å². The Labute approximate surface area is 81.6 Å². The minimum absolute atomic E-state index is 0.606. The van der Waals surface area contributed by atoms with E-state index in [1.54, 1.807) is 0 Å². The van der Waals surface area contributed by atoms with E-state index in [4.69, 9.17) is 0 Å². The van der Waals surface area contributed by atoms with Crippen LogP contribution in [-0.2, 0) is 0 Å². The van der Waals surface area contributed by atoms with Crippen molar-refractivity contribution in [3.63, 3.8) is 0 Å². The van der Waals surface area contributed by atoms with Crippen LogP contribution in [0.5, 0.6) is 0 Å². The van der Waals surface area contributed by atoms with E-state index in [0.717, 1.165) is 6.54 Å². The molecule has 11 heavy (non-hydrogen) atoms. The van der Waals surface area contributed by atoms with Gasteiger partial charge in [-0.25, -0.2) is 0 Å². The quantitative estimate of drug-likeness (QED) is 0.719. The number of nitrogens with zero attached hydrogens (tertiary/aromatic N) is 1. The predicted octanol–water partition coefficient (Wildman–Crippen LogP) is 0.467. The first-order valence-electron chi connectivity index (χ1n) is 3.92. The van der Waals surface area contributed by atoms with Crippen molar-refractivity contribution in [1.29, 1.82) is 0 Å². The van der Waals surface area contributed by atoms with Crippen molar-refractivity contribution in [2.45, 2.75) is 0 Å². The van der Waals surface area contributed by atoms with Gasteiger partial charge in [-0.05, 0) is 0 Å². The Hall–Kier alpha value is -0.310. The van der Waals surface area contributed by atoms with Crippen LogP contribution in [0.15, 0.2) is 24.3 Å². The molecule has 1 aliphatic rings. The van der Waals surface area contributed by atoms with Crippen molar-refractivity contribution >= 4 is 36.0 Å². The summed E-state index contributed by atoms with van der Waals surface area (Å²) in [5, 5.41) is 3.38. The van der Waals surface area contributed by atoms with Gasteiger partial charge in [0.15, 0.2) is 0 Å². The number of benzene rings is 1. The van der Waals surface area contributed by atoms with Gasteiger partial charge in [-0.2, -0.15) is 0 Å². The number of para-hydroxylation sites is 2. The molecule has 2 nitrogen and oxygen atoms in total. The van der Waals surface area contributed by atoms with Crippen LogP contribution in [0.2, 0.25) is 0 Å². The summed E-state index contributed by atoms with van der Waals surface area (Å²) in [6.07, 6.45) is 0. The normalized spacial score (nSPS) is 15.5. The summed E-state index contributed by atoms with van der Waals surface area (Å²) in [5.74, 6) is 0. The third-order valence-corrected chi connectivity index (χ3v) is 4.73. The summed E-state index contributed by atoms with van der Waals surface area (Å²) >= 11 is 0.606. The zero-order chi connectivity index (χ0) is 7.68. The van der Waals surface area contributed by atoms with E-state index in [-0.39, 0.29) is 0 Å². The standard InChI is InChI=1S/C8H9N2.In.2H/c1-2-4-8-7(3-1)9-5-6-10-8;;;/h1-4,9H,5-6H2;;;/q-1;+1;;. The van der Waals surface area contributed by atoms with Gasteiger partial charge in [-0.15, -0.1) is 0 Å². The molecule has 0 aliphatic carbocycles. The topological polar surface area (TPSA) is 15.3 Å². The molecule has 0 spiro atoms. The van der Waals surface area contributed by atoms with E-state index >= 15 is 0 Å². The second kappa shape index (κ2) is 2.97. The molecular formula is C8H11InN2. The molecule has 0 bridgehead atoms. The van der Waals surface area contributed by atoms with Crippen LogP contribution in [0.25, 0.3) is 0 Å². The van der Waals surface area contributed by atoms with Crippen LogP contribution in [0.1, 0.15) is 0 Å². The average molecular weight is 250 g/mol. The van der Waals surface area contributed by atoms with Crippen LogP contribution in [0, 0.1) is 0 Å². The minimum atomic E-state index is 0.606. The SMILES string of the molecule is [InH2][N]1CCNc2ccccc21. The molecule has 0 fully saturated rings. The van der Waals surface area contributed by atoms with Crippen molar-refractivity contribution in [2.24, 2.45) is 0 Å². The zero-order valence-electron chi connectivity index (χ0n) is 6.67. The molecule has 0 amide bonds. The van der Waals surface area contributed by atoms with Crippen molar-refractivity contribution in [3.8, 4) is 0 Å². The first-order chi connectivity index (χ1) is 5.38. The number of fused-ring (bicyclic) bond motifs is 1. The van der Waals surface area contributed by atoms with E-state index < -0.39 is 0 Å². The average Bonchev–Trinajstić information content (AvgIpc) is 2.06. The molecule has 0 saturated carbocycles. The van der Waals surface area contributed by atoms with E-state index in [1.807, 2.05) is 0 Å². The van der Waals surface area contributed by atoms with Crippen molar-refractivity contribution in [3.05, 3.63) is 24.3 Å². The van der Waals surface area contributed by atoms with Gasteiger partial charge >= 0.3 is 81.6 Å². The first kappa shape index (κ1) is 7.35. The number of hydrogen-bond donors (Lipinski definition) is 1. The first-order valence-corrected chi connectivity index (χ1v) is 6.47. The van der Waals surface area contributed by atoms with Gasteiger partial charge < -0.3 is 0 Å². The third kappa shape index (κ3) is 1.34. The van der Waals surface area contributed by atoms with E-state index in [9.17, 15) is 0 Å². The summed E-state index contributed by atoms with van der Waals surface area (Å²) in [5.41, 5.74) is 2.70. The Morgan fingerprint density at radius 1 is 1.36 bits per heavy atom. The molecule has 2 rings (SSSR count). The summed E-state index contributed by atoms with van der Waals surface area (Å²) in [7, 11) is 0. The Morgan fingerprint density at radius 3 is 3.00 bits per heavy atom. The van der Waals surface area contributed by atoms with Gasteiger partial charge in [0.2, 0.25) is 0 Å². The van der Waals surface area contributed by atoms with Gasteiger partial charge in [-0.3, -0.25) is 0 Å². The van der Waals surface area contributed by atoms with Gasteiger partial charge in [0.05, 0.1) is 0 Å². The molecule has 56 valence electrons. The fraction of sp³-hybridized carbons (Fsp3) is 0.250. The van der Waals surface area contributed by atoms with Gasteiger partial charge in [0.25, 0.3) is 0 Å². The fourth-order valence-electron chi connectivity index (χ4n) is 1.43. The molecule has 3 heteroatoms. The molecule has 1 aromatic rings. The third-order valence-electron chi connectivity index (χ3n) is 2.08. The van der Waals surface area contributed by atoms with Crippen molar-refractivity contribution in [1.82, 2.24) is 0 Å². The second-order valence-electron chi connectivity index (χ2n) is 2.87. The molecule has 0 saturated heterocycles. The summed E-state index contributed by atoms with van der Waals surface area (Å²) < 4.78 is 2.48. The maximum absolute atomic E-state index is 3.38. The van der Waals surface area contributed by atoms with E-state index in [0.29, 0.717) is 24.7 Å². The molecule has 1 heterocycles. The van der Waals surface area contributed by atoms with E-state index in [2.05, 4.69) is 32.5 Å². The number of anilines is 2. The van der Waals surface area contributed by atoms with Crippen molar-refractivity contribution in [2.75, 3.05) is 21.3 Å². The molecule has 1 N–H and O–H groups in total. The number of rotatable bonds is 0. The van der Waals surface area contributed by atoms with Crippen LogP contribution in [-0.4, -0.2) is 37.8 Å². The van der Waals surface area contributed by atoms with Crippen LogP contribution >= 0.6 is 0 Å². The molecule has 0 atom stereocenters. The molecule has 0 radical (unpaired) electrons. The van der Waals surface area contributed by atoms with Crippen LogP contribution in [0.3, 0.4) is 0 Å². The van der Waals surface area contributed by atoms with E-state index in [1.165, 1.54) is 17.9 Å². The predicted molar refractivity (Wildman–Crippen MR) is 50.8 cm³/mol. The number of hydrogen-bond acceptors (Lipinski definition) is 2. The van der Waals surface area contributed by atoms with Gasteiger partial charge in [0, 0.05) is 0 Å². The fourth-order valence-corrected chi connectivity index (χ4v) is 3.19. The van der Waals surface area contributed by atoms with Crippen LogP contribution < -0.4 is 8.20 Å². The summed E-state index contributed by atoms with van der Waals surface area (Å²) in [6, 6.07) is 8.53. The molecular weight excluding hydrogens is 239 g/mol. The monoisotopic (exact) mass is 250 g/mol. The van der Waals surface area contributed by atoms with Crippen molar-refractivity contribution < 1.29 is 0 Å². The summed E-state index contributed by atoms with van der Waals surface area (Å²) in [6.45, 7) is 2.29. The molecule has 0 aromatic heterocycles. The number of nitrogens with one attached hydrogen (secondary N) is 1. The Balaban J connectivity index is 2.44. The second-order valence-corrected chi connectivity index (χ2v) is 5.95. The van der Waals surface area contributed by atoms with Gasteiger partial charge in [0.1, 0.15) is 0 Å². The maximum atomic E-state index is 3.38. The van der Waals surface area contributed by atoms with Crippen LogP contribution in [0.4, 0.5) is 11.4 Å². The Kier molecular flexibility index (Phi) is 1.98.